The SMILES string of the molecule is N#Cc1ccc(NCc2ncn[nH]2)c(Br)c1. The number of hydrogen-bond acceptors (Lipinski definition) is 4. The smallest absolute Gasteiger partial charge is 0.143 e. The average Bonchev–Trinajstić information content (AvgIpc) is 2.80. The quantitative estimate of drug-likeness (QED) is 0.900. The number of benzene rings is 1. The van der Waals surface area contributed by atoms with Crippen molar-refractivity contribution in [1.29, 1.82) is 5.26 Å². The number of hydrogen-bond donors (Lipinski definition) is 2. The van der Waals surface area contributed by atoms with Gasteiger partial charge in [0.25, 0.3) is 0 Å². The number of nitriles is 1. The van der Waals surface area contributed by atoms with Crippen molar-refractivity contribution in [2.24, 2.45) is 0 Å². The molecule has 0 saturated heterocycles. The predicted molar refractivity (Wildman–Crippen MR) is 62.6 cm³/mol. The van der Waals surface area contributed by atoms with Crippen LogP contribution in [0.1, 0.15) is 11.4 Å². The molecule has 0 saturated carbocycles. The fourth-order valence-corrected chi connectivity index (χ4v) is 1.74. The summed E-state index contributed by atoms with van der Waals surface area (Å²) in [6.45, 7) is 0.560. The van der Waals surface area contributed by atoms with Gasteiger partial charge in [-0.05, 0) is 34.1 Å². The van der Waals surface area contributed by atoms with Gasteiger partial charge in [-0.3, -0.25) is 5.10 Å². The third kappa shape index (κ3) is 2.38. The van der Waals surface area contributed by atoms with E-state index in [1.165, 1.54) is 6.33 Å². The molecule has 1 aromatic heterocycles. The first-order chi connectivity index (χ1) is 7.79. The molecule has 0 aliphatic rings. The van der Waals surface area contributed by atoms with E-state index in [2.05, 4.69) is 42.5 Å². The zero-order valence-electron chi connectivity index (χ0n) is 8.24. The van der Waals surface area contributed by atoms with Crippen LogP contribution in [-0.2, 0) is 6.54 Å². The lowest BCUT2D eigenvalue weighted by atomic mass is 10.2. The van der Waals surface area contributed by atoms with Crippen molar-refractivity contribution in [2.45, 2.75) is 6.54 Å². The minimum Gasteiger partial charge on any atom is -0.377 e. The zero-order valence-corrected chi connectivity index (χ0v) is 9.82. The number of aromatic amines is 1. The van der Waals surface area contributed by atoms with Gasteiger partial charge in [0, 0.05) is 10.2 Å². The molecule has 0 fully saturated rings. The maximum absolute atomic E-state index is 8.72. The van der Waals surface area contributed by atoms with Crippen molar-refractivity contribution >= 4 is 21.6 Å². The second kappa shape index (κ2) is 4.77. The van der Waals surface area contributed by atoms with Gasteiger partial charge >= 0.3 is 0 Å². The van der Waals surface area contributed by atoms with Gasteiger partial charge in [0.15, 0.2) is 0 Å². The van der Waals surface area contributed by atoms with Gasteiger partial charge in [0.05, 0.1) is 18.2 Å². The lowest BCUT2D eigenvalue weighted by molar-refractivity contribution is 0.954. The molecule has 0 unspecified atom stereocenters. The van der Waals surface area contributed by atoms with E-state index in [1.807, 2.05) is 6.07 Å². The van der Waals surface area contributed by atoms with E-state index in [0.29, 0.717) is 12.1 Å². The van der Waals surface area contributed by atoms with Crippen LogP contribution in [-0.4, -0.2) is 15.2 Å². The molecule has 0 bridgehead atoms. The first-order valence-electron chi connectivity index (χ1n) is 4.57. The van der Waals surface area contributed by atoms with Crippen molar-refractivity contribution in [2.75, 3.05) is 5.32 Å². The molecular weight excluding hydrogens is 270 g/mol. The Kier molecular flexibility index (Phi) is 3.17. The second-order valence-electron chi connectivity index (χ2n) is 3.09. The second-order valence-corrected chi connectivity index (χ2v) is 3.95. The van der Waals surface area contributed by atoms with Crippen LogP contribution in [0.25, 0.3) is 0 Å². The zero-order chi connectivity index (χ0) is 11.4. The Morgan fingerprint density at radius 2 is 2.38 bits per heavy atom. The van der Waals surface area contributed by atoms with Crippen molar-refractivity contribution in [3.8, 4) is 6.07 Å². The first kappa shape index (κ1) is 10.6. The van der Waals surface area contributed by atoms with Crippen LogP contribution in [0.2, 0.25) is 0 Å². The summed E-state index contributed by atoms with van der Waals surface area (Å²) in [5, 5.41) is 18.4. The third-order valence-corrected chi connectivity index (χ3v) is 2.67. The Labute approximate surface area is 101 Å². The Hall–Kier alpha value is -1.87. The van der Waals surface area contributed by atoms with Crippen LogP contribution in [0.15, 0.2) is 29.0 Å². The first-order valence-corrected chi connectivity index (χ1v) is 5.36. The highest BCUT2D eigenvalue weighted by atomic mass is 79.9. The predicted octanol–water partition coefficient (Wildman–Crippen LogP) is 2.05. The Balaban J connectivity index is 2.08. The molecule has 0 spiro atoms. The van der Waals surface area contributed by atoms with Gasteiger partial charge < -0.3 is 5.32 Å². The summed E-state index contributed by atoms with van der Waals surface area (Å²) in [7, 11) is 0. The van der Waals surface area contributed by atoms with Crippen LogP contribution < -0.4 is 5.32 Å². The number of anilines is 1. The highest BCUT2D eigenvalue weighted by Crippen LogP contribution is 2.23. The van der Waals surface area contributed by atoms with E-state index in [-0.39, 0.29) is 0 Å². The summed E-state index contributed by atoms with van der Waals surface area (Å²) in [6.07, 6.45) is 1.46. The van der Waals surface area contributed by atoms with E-state index in [1.54, 1.807) is 12.1 Å². The van der Waals surface area contributed by atoms with Gasteiger partial charge in [-0.2, -0.15) is 10.4 Å². The summed E-state index contributed by atoms with van der Waals surface area (Å²) >= 11 is 3.39. The molecule has 2 N–H and O–H groups in total. The number of H-pyrrole nitrogens is 1. The van der Waals surface area contributed by atoms with Gasteiger partial charge in [0.2, 0.25) is 0 Å². The van der Waals surface area contributed by atoms with Crippen molar-refractivity contribution in [1.82, 2.24) is 15.2 Å². The number of aromatic nitrogens is 3. The Bertz CT molecular complexity index is 515. The monoisotopic (exact) mass is 277 g/mol. The third-order valence-electron chi connectivity index (χ3n) is 2.01. The molecule has 80 valence electrons. The summed E-state index contributed by atoms with van der Waals surface area (Å²) in [5.41, 5.74) is 1.53. The van der Waals surface area contributed by atoms with Crippen LogP contribution in [0, 0.1) is 11.3 Å². The number of nitrogens with zero attached hydrogens (tertiary/aromatic N) is 3. The van der Waals surface area contributed by atoms with Crippen molar-refractivity contribution < 1.29 is 0 Å². The van der Waals surface area contributed by atoms with Crippen LogP contribution in [0.5, 0.6) is 0 Å². The van der Waals surface area contributed by atoms with E-state index < -0.39 is 0 Å². The van der Waals surface area contributed by atoms with E-state index in [0.717, 1.165) is 16.0 Å². The van der Waals surface area contributed by atoms with E-state index in [9.17, 15) is 0 Å². The minimum absolute atomic E-state index is 0.560. The molecule has 5 nitrogen and oxygen atoms in total. The lowest BCUT2D eigenvalue weighted by Gasteiger charge is -2.06. The highest BCUT2D eigenvalue weighted by molar-refractivity contribution is 9.10. The molecule has 0 atom stereocenters. The summed E-state index contributed by atoms with van der Waals surface area (Å²) in [6, 6.07) is 7.45. The molecule has 1 aromatic carbocycles. The van der Waals surface area contributed by atoms with Gasteiger partial charge in [-0.1, -0.05) is 0 Å². The molecule has 1 heterocycles. The maximum atomic E-state index is 8.72. The number of halogens is 1. The molecule has 0 aliphatic carbocycles. The molecular formula is C10H8BrN5. The maximum Gasteiger partial charge on any atom is 0.143 e. The molecule has 0 aliphatic heterocycles. The fourth-order valence-electron chi connectivity index (χ4n) is 1.22. The highest BCUT2D eigenvalue weighted by Gasteiger charge is 2.02. The lowest BCUT2D eigenvalue weighted by Crippen LogP contribution is -2.01. The van der Waals surface area contributed by atoms with E-state index in [4.69, 9.17) is 5.26 Å². The van der Waals surface area contributed by atoms with Gasteiger partial charge in [-0.15, -0.1) is 0 Å². The minimum atomic E-state index is 0.560. The van der Waals surface area contributed by atoms with Crippen LogP contribution in [0.4, 0.5) is 5.69 Å². The molecule has 2 aromatic rings. The summed E-state index contributed by atoms with van der Waals surface area (Å²) in [5.74, 6) is 0.760. The molecule has 16 heavy (non-hydrogen) atoms. The molecule has 6 heteroatoms. The van der Waals surface area contributed by atoms with Crippen LogP contribution >= 0.6 is 15.9 Å². The fraction of sp³-hybridized carbons (Fsp3) is 0.100. The largest absolute Gasteiger partial charge is 0.377 e. The normalized spacial score (nSPS) is 9.75. The van der Waals surface area contributed by atoms with Gasteiger partial charge in [-0.25, -0.2) is 4.98 Å². The number of nitrogens with one attached hydrogen (secondary N) is 2. The average molecular weight is 278 g/mol. The summed E-state index contributed by atoms with van der Waals surface area (Å²) in [4.78, 5) is 4.00. The topological polar surface area (TPSA) is 77.4 Å². The molecule has 0 radical (unpaired) electrons. The molecule has 2 rings (SSSR count). The summed E-state index contributed by atoms with van der Waals surface area (Å²) < 4.78 is 0.853. The van der Waals surface area contributed by atoms with Crippen LogP contribution in [0.3, 0.4) is 0 Å². The molecule has 0 amide bonds. The van der Waals surface area contributed by atoms with Crippen molar-refractivity contribution in [3.05, 3.63) is 40.4 Å². The standard InChI is InChI=1S/C10H8BrN5/c11-8-3-7(4-12)1-2-9(8)13-5-10-14-6-15-16-10/h1-3,6,13H,5H2,(H,14,15,16). The van der Waals surface area contributed by atoms with Gasteiger partial charge in [0.1, 0.15) is 12.2 Å². The van der Waals surface area contributed by atoms with Crippen molar-refractivity contribution in [3.63, 3.8) is 0 Å². The number of rotatable bonds is 3. The Morgan fingerprint density at radius 3 is 3.00 bits per heavy atom. The van der Waals surface area contributed by atoms with E-state index >= 15 is 0 Å². The Morgan fingerprint density at radius 1 is 1.50 bits per heavy atom.